The van der Waals surface area contributed by atoms with E-state index in [2.05, 4.69) is 41.2 Å². The Labute approximate surface area is 300 Å². The van der Waals surface area contributed by atoms with Crippen LogP contribution in [-0.4, -0.2) is 88.4 Å². The number of ether oxygens (including phenoxy) is 1. The van der Waals surface area contributed by atoms with E-state index in [-0.39, 0.29) is 36.2 Å². The van der Waals surface area contributed by atoms with Crippen LogP contribution in [-0.2, 0) is 35.5 Å². The van der Waals surface area contributed by atoms with Gasteiger partial charge in [-0.3, -0.25) is 14.5 Å². The molecular formula is C41H50FN5O4. The van der Waals surface area contributed by atoms with Crippen molar-refractivity contribution in [2.75, 3.05) is 44.3 Å². The highest BCUT2D eigenvalue weighted by Crippen LogP contribution is 2.37. The van der Waals surface area contributed by atoms with E-state index in [9.17, 15) is 14.7 Å². The summed E-state index contributed by atoms with van der Waals surface area (Å²) < 4.78 is 23.3. The standard InChI is InChI=1S/C41H50FN5O4/c1-25-8-10-28(16-36(40(49)11-9-25)43-35-20-31-21-44(32-23-51-24-32)12-13-45(31)27(3)26(35)2)33-18-30(42)19-38(34(33)22-48)47-15-14-46-37-7-5-4-6-29(37)17-39(46)41(47)50/h10,16-20,25-27,32,48H,4-9,11-15,21-24H2,1-3H3/b28-10?,36-16+,43-35?. The van der Waals surface area contributed by atoms with E-state index < -0.39 is 5.82 Å². The van der Waals surface area contributed by atoms with Crippen LogP contribution < -0.4 is 4.90 Å². The molecule has 3 atom stereocenters. The second kappa shape index (κ2) is 13.9. The van der Waals surface area contributed by atoms with Crippen molar-refractivity contribution in [3.8, 4) is 0 Å². The van der Waals surface area contributed by atoms with Crippen molar-refractivity contribution >= 4 is 28.7 Å². The minimum Gasteiger partial charge on any atom is -0.392 e. The lowest BCUT2D eigenvalue weighted by Gasteiger charge is -2.49. The van der Waals surface area contributed by atoms with Gasteiger partial charge in [0.25, 0.3) is 5.91 Å². The number of piperazine rings is 1. The maximum atomic E-state index is 15.7. The first-order valence-corrected chi connectivity index (χ1v) is 19.0. The molecule has 2 fully saturated rings. The Hall–Kier alpha value is -3.86. The average molecular weight is 696 g/mol. The van der Waals surface area contributed by atoms with Crippen LogP contribution in [0, 0.1) is 17.7 Å². The van der Waals surface area contributed by atoms with Crippen LogP contribution in [0.5, 0.6) is 0 Å². The first-order chi connectivity index (χ1) is 24.7. The third kappa shape index (κ3) is 6.33. The zero-order valence-corrected chi connectivity index (χ0v) is 30.2. The summed E-state index contributed by atoms with van der Waals surface area (Å²) in [4.78, 5) is 39.7. The second-order valence-electron chi connectivity index (χ2n) is 15.5. The number of benzene rings is 1. The number of carbonyl (C=O) groups excluding carboxylic acids is 2. The van der Waals surface area contributed by atoms with E-state index in [1.54, 1.807) is 11.0 Å². The van der Waals surface area contributed by atoms with Crippen LogP contribution in [0.1, 0.15) is 85.7 Å². The lowest BCUT2D eigenvalue weighted by atomic mass is 9.89. The number of hydrogen-bond donors (Lipinski definition) is 1. The highest BCUT2D eigenvalue weighted by molar-refractivity contribution is 6.08. The minimum absolute atomic E-state index is 0.0437. The molecule has 9 nitrogen and oxygen atoms in total. The number of anilines is 1. The number of fused-ring (bicyclic) bond motifs is 4. The summed E-state index contributed by atoms with van der Waals surface area (Å²) in [6.45, 7) is 11.5. The molecule has 3 unspecified atom stereocenters. The molecule has 1 amide bonds. The molecule has 10 heteroatoms. The van der Waals surface area contributed by atoms with Gasteiger partial charge < -0.3 is 24.2 Å². The molecule has 1 aromatic carbocycles. The molecule has 8 rings (SSSR count). The van der Waals surface area contributed by atoms with E-state index in [1.165, 1.54) is 29.1 Å². The van der Waals surface area contributed by atoms with E-state index in [4.69, 9.17) is 9.73 Å². The number of aliphatic imine (C=N–C) groups is 1. The lowest BCUT2D eigenvalue weighted by Crippen LogP contribution is -2.59. The largest absolute Gasteiger partial charge is 0.392 e. The SMILES string of the molecule is CC1CC=C(c2cc(F)cc(N3CCn4c(cc5c4CCCC5)C3=O)c2CO)/C=C(/N=C2C=C3CN(C4COC4)CCN3C(C)C2C)C(=O)CC1. The number of aliphatic hydroxyl groups is 1. The summed E-state index contributed by atoms with van der Waals surface area (Å²) in [6.07, 6.45) is 12.0. The Kier molecular flexibility index (Phi) is 9.35. The van der Waals surface area contributed by atoms with Crippen molar-refractivity contribution < 1.29 is 23.8 Å². The number of nitrogens with zero attached hydrogens (tertiary/aromatic N) is 5. The fourth-order valence-corrected chi connectivity index (χ4v) is 8.86. The van der Waals surface area contributed by atoms with Gasteiger partial charge in [0.1, 0.15) is 17.2 Å². The molecule has 6 aliphatic rings. The number of aromatic nitrogens is 1. The third-order valence-corrected chi connectivity index (χ3v) is 12.3. The number of aliphatic hydroxyl groups excluding tert-OH is 1. The van der Waals surface area contributed by atoms with Gasteiger partial charge >= 0.3 is 0 Å². The Bertz CT molecular complexity index is 1870. The highest BCUT2D eigenvalue weighted by Gasteiger charge is 2.38. The maximum absolute atomic E-state index is 15.7. The molecule has 0 bridgehead atoms. The quantitative estimate of drug-likeness (QED) is 0.432. The molecule has 1 N–H and O–H groups in total. The predicted octanol–water partition coefficient (Wildman–Crippen LogP) is 5.69. The van der Waals surface area contributed by atoms with Crippen LogP contribution >= 0.6 is 0 Å². The van der Waals surface area contributed by atoms with Crippen molar-refractivity contribution in [2.45, 2.75) is 91.0 Å². The monoisotopic (exact) mass is 695 g/mol. The molecule has 2 saturated heterocycles. The predicted molar refractivity (Wildman–Crippen MR) is 196 cm³/mol. The molecule has 0 spiro atoms. The highest BCUT2D eigenvalue weighted by atomic mass is 19.1. The zero-order chi connectivity index (χ0) is 35.4. The Morgan fingerprint density at radius 1 is 0.980 bits per heavy atom. The number of amides is 1. The summed E-state index contributed by atoms with van der Waals surface area (Å²) >= 11 is 0. The van der Waals surface area contributed by atoms with Gasteiger partial charge in [-0.05, 0) is 98.4 Å². The molecule has 4 aliphatic heterocycles. The van der Waals surface area contributed by atoms with Crippen molar-refractivity contribution in [2.24, 2.45) is 16.8 Å². The second-order valence-corrected chi connectivity index (χ2v) is 15.5. The number of hydrogen-bond acceptors (Lipinski definition) is 7. The van der Waals surface area contributed by atoms with Gasteiger partial charge in [0.05, 0.1) is 31.5 Å². The van der Waals surface area contributed by atoms with Gasteiger partial charge in [-0.25, -0.2) is 9.38 Å². The molecule has 1 aromatic heterocycles. The molecule has 2 aliphatic carbocycles. The van der Waals surface area contributed by atoms with Gasteiger partial charge in [0.15, 0.2) is 5.78 Å². The third-order valence-electron chi connectivity index (χ3n) is 12.3. The molecule has 0 radical (unpaired) electrons. The van der Waals surface area contributed by atoms with Crippen molar-refractivity contribution in [1.82, 2.24) is 14.4 Å². The Morgan fingerprint density at radius 3 is 2.59 bits per heavy atom. The molecule has 2 aromatic rings. The van der Waals surface area contributed by atoms with Gasteiger partial charge in [0.2, 0.25) is 0 Å². The van der Waals surface area contributed by atoms with E-state index in [0.29, 0.717) is 65.8 Å². The van der Waals surface area contributed by atoms with Crippen LogP contribution in [0.25, 0.3) is 5.57 Å². The van der Waals surface area contributed by atoms with Crippen LogP contribution in [0.15, 0.2) is 52.8 Å². The normalized spacial score (nSPS) is 28.1. The number of Topliss-reactive ketones (excluding diaryl/α,β-unsaturated/α-hetero) is 1. The van der Waals surface area contributed by atoms with Crippen molar-refractivity contribution in [1.29, 1.82) is 0 Å². The summed E-state index contributed by atoms with van der Waals surface area (Å²) in [5.41, 5.74) is 7.54. The number of rotatable bonds is 5. The van der Waals surface area contributed by atoms with Gasteiger partial charge in [-0.2, -0.15) is 0 Å². The summed E-state index contributed by atoms with van der Waals surface area (Å²) in [7, 11) is 0. The average Bonchev–Trinajstić information content (AvgIpc) is 3.51. The first-order valence-electron chi connectivity index (χ1n) is 19.0. The number of ketones is 1. The maximum Gasteiger partial charge on any atom is 0.274 e. The number of halogens is 1. The number of allylic oxidation sites excluding steroid dienone is 5. The summed E-state index contributed by atoms with van der Waals surface area (Å²) in [5, 5.41) is 10.9. The molecular weight excluding hydrogens is 645 g/mol. The Balaban J connectivity index is 1.18. The fourth-order valence-electron chi connectivity index (χ4n) is 8.86. The first kappa shape index (κ1) is 34.2. The van der Waals surface area contributed by atoms with Crippen molar-refractivity contribution in [3.63, 3.8) is 0 Å². The van der Waals surface area contributed by atoms with Crippen LogP contribution in [0.3, 0.4) is 0 Å². The van der Waals surface area contributed by atoms with Crippen molar-refractivity contribution in [3.05, 3.63) is 81.7 Å². The molecule has 5 heterocycles. The van der Waals surface area contributed by atoms with Gasteiger partial charge in [-0.15, -0.1) is 0 Å². The minimum atomic E-state index is -0.495. The van der Waals surface area contributed by atoms with E-state index in [1.807, 2.05) is 12.1 Å². The molecule has 51 heavy (non-hydrogen) atoms. The van der Waals surface area contributed by atoms with Gasteiger partial charge in [0, 0.05) is 73.8 Å². The van der Waals surface area contributed by atoms with Crippen LogP contribution in [0.2, 0.25) is 0 Å². The lowest BCUT2D eigenvalue weighted by molar-refractivity contribution is -0.115. The van der Waals surface area contributed by atoms with Gasteiger partial charge in [-0.1, -0.05) is 19.9 Å². The number of carbonyl (C=O) groups is 2. The Morgan fingerprint density at radius 2 is 1.80 bits per heavy atom. The number of aryl methyl sites for hydroxylation is 1. The summed E-state index contributed by atoms with van der Waals surface area (Å²) in [5.74, 6) is -0.387. The van der Waals surface area contributed by atoms with E-state index in [0.717, 1.165) is 70.7 Å². The van der Waals surface area contributed by atoms with Crippen LogP contribution in [0.4, 0.5) is 10.1 Å². The van der Waals surface area contributed by atoms with E-state index >= 15 is 4.39 Å². The summed E-state index contributed by atoms with van der Waals surface area (Å²) in [6, 6.07) is 5.48. The topological polar surface area (TPSA) is 90.6 Å². The smallest absolute Gasteiger partial charge is 0.274 e. The molecule has 0 saturated carbocycles. The molecule has 270 valence electrons. The fraction of sp³-hybridized carbons (Fsp3) is 0.537. The zero-order valence-electron chi connectivity index (χ0n) is 30.2.